The zero-order valence-corrected chi connectivity index (χ0v) is 11.4. The van der Waals surface area contributed by atoms with Gasteiger partial charge in [0, 0.05) is 16.7 Å². The molecule has 0 saturated heterocycles. The number of hydrogen-bond acceptors (Lipinski definition) is 2. The van der Waals surface area contributed by atoms with Crippen LogP contribution in [0.3, 0.4) is 0 Å². The maximum absolute atomic E-state index is 6.18. The number of benzene rings is 1. The molecule has 2 N–H and O–H groups in total. The first-order valence-electron chi connectivity index (χ1n) is 6.09. The molecule has 2 atom stereocenters. The fourth-order valence-corrected chi connectivity index (χ4v) is 2.91. The van der Waals surface area contributed by atoms with Gasteiger partial charge in [-0.3, -0.25) is 0 Å². The summed E-state index contributed by atoms with van der Waals surface area (Å²) >= 11 is 1.88. The lowest BCUT2D eigenvalue weighted by atomic mass is 9.99. The van der Waals surface area contributed by atoms with E-state index in [1.54, 1.807) is 0 Å². The maximum Gasteiger partial charge on any atom is 0.0159 e. The average molecular weight is 237 g/mol. The molecule has 0 saturated carbocycles. The summed E-state index contributed by atoms with van der Waals surface area (Å²) in [6.07, 6.45) is 2.46. The van der Waals surface area contributed by atoms with Gasteiger partial charge >= 0.3 is 0 Å². The minimum absolute atomic E-state index is 0.310. The molecule has 90 valence electrons. The predicted octanol–water partition coefficient (Wildman–Crippen LogP) is 3.85. The van der Waals surface area contributed by atoms with Crippen LogP contribution in [0.25, 0.3) is 0 Å². The maximum atomic E-state index is 6.18. The molecule has 0 radical (unpaired) electrons. The van der Waals surface area contributed by atoms with Crippen molar-refractivity contribution in [2.24, 2.45) is 11.7 Å². The monoisotopic (exact) mass is 237 g/mol. The molecule has 1 aromatic carbocycles. The van der Waals surface area contributed by atoms with Gasteiger partial charge < -0.3 is 5.73 Å². The second kappa shape index (κ2) is 6.97. The van der Waals surface area contributed by atoms with Gasteiger partial charge in [-0.2, -0.15) is 0 Å². The van der Waals surface area contributed by atoms with Crippen LogP contribution in [0.15, 0.2) is 29.2 Å². The largest absolute Gasteiger partial charge is 0.327 e. The number of nitrogens with two attached hydrogens (primary N) is 1. The normalized spacial score (nSPS) is 14.8. The SMILES string of the molecule is CCCC(C)C(N)CSc1ccccc1C. The molecule has 2 heteroatoms. The standard InChI is InChI=1S/C14H23NS/c1-4-7-11(2)13(15)10-16-14-9-6-5-8-12(14)3/h5-6,8-9,11,13H,4,7,10,15H2,1-3H3. The van der Waals surface area contributed by atoms with E-state index in [-0.39, 0.29) is 0 Å². The summed E-state index contributed by atoms with van der Waals surface area (Å²) in [5.41, 5.74) is 7.53. The van der Waals surface area contributed by atoms with Crippen molar-refractivity contribution in [3.63, 3.8) is 0 Å². The molecule has 0 aliphatic rings. The molecule has 0 amide bonds. The van der Waals surface area contributed by atoms with Crippen molar-refractivity contribution >= 4 is 11.8 Å². The first kappa shape index (κ1) is 13.6. The van der Waals surface area contributed by atoms with E-state index >= 15 is 0 Å². The first-order chi connectivity index (χ1) is 7.65. The highest BCUT2D eigenvalue weighted by atomic mass is 32.2. The Morgan fingerprint density at radius 3 is 2.62 bits per heavy atom. The first-order valence-corrected chi connectivity index (χ1v) is 7.07. The Labute approximate surface area is 104 Å². The van der Waals surface area contributed by atoms with Crippen LogP contribution in [0.2, 0.25) is 0 Å². The number of rotatable bonds is 6. The zero-order valence-electron chi connectivity index (χ0n) is 10.6. The number of hydrogen-bond donors (Lipinski definition) is 1. The molecule has 0 fully saturated rings. The molecule has 2 unspecified atom stereocenters. The summed E-state index contributed by atoms with van der Waals surface area (Å²) in [6, 6.07) is 8.82. The molecule has 0 aliphatic heterocycles. The average Bonchev–Trinajstić information content (AvgIpc) is 2.28. The molecule has 0 heterocycles. The van der Waals surface area contributed by atoms with Crippen LogP contribution in [0.5, 0.6) is 0 Å². The van der Waals surface area contributed by atoms with Crippen LogP contribution in [0.4, 0.5) is 0 Å². The van der Waals surface area contributed by atoms with Crippen LogP contribution < -0.4 is 5.73 Å². The van der Waals surface area contributed by atoms with Crippen molar-refractivity contribution < 1.29 is 0 Å². The fraction of sp³-hybridized carbons (Fsp3) is 0.571. The van der Waals surface area contributed by atoms with E-state index in [4.69, 9.17) is 5.73 Å². The minimum atomic E-state index is 0.310. The van der Waals surface area contributed by atoms with Gasteiger partial charge in [-0.1, -0.05) is 38.5 Å². The summed E-state index contributed by atoms with van der Waals surface area (Å²) in [5.74, 6) is 1.65. The van der Waals surface area contributed by atoms with E-state index in [9.17, 15) is 0 Å². The number of thioether (sulfide) groups is 1. The van der Waals surface area contributed by atoms with Gasteiger partial charge in [-0.25, -0.2) is 0 Å². The summed E-state index contributed by atoms with van der Waals surface area (Å²) in [6.45, 7) is 6.63. The molecule has 0 bridgehead atoms. The molecule has 0 aromatic heterocycles. The van der Waals surface area contributed by atoms with Crippen LogP contribution in [-0.4, -0.2) is 11.8 Å². The van der Waals surface area contributed by atoms with Crippen molar-refractivity contribution in [2.75, 3.05) is 5.75 Å². The highest BCUT2D eigenvalue weighted by Crippen LogP contribution is 2.24. The van der Waals surface area contributed by atoms with Crippen molar-refractivity contribution in [1.29, 1.82) is 0 Å². The van der Waals surface area contributed by atoms with Crippen LogP contribution in [0.1, 0.15) is 32.3 Å². The Bertz CT molecular complexity index is 311. The third kappa shape index (κ3) is 4.18. The van der Waals surface area contributed by atoms with Crippen LogP contribution >= 0.6 is 11.8 Å². The van der Waals surface area contributed by atoms with Gasteiger partial charge in [-0.05, 0) is 30.9 Å². The summed E-state index contributed by atoms with van der Waals surface area (Å²) in [4.78, 5) is 1.36. The third-order valence-electron chi connectivity index (χ3n) is 3.00. The van der Waals surface area contributed by atoms with Crippen LogP contribution in [-0.2, 0) is 0 Å². The van der Waals surface area contributed by atoms with Crippen molar-refractivity contribution in [3.8, 4) is 0 Å². The lowest BCUT2D eigenvalue weighted by molar-refractivity contribution is 0.450. The van der Waals surface area contributed by atoms with Gasteiger partial charge in [0.15, 0.2) is 0 Å². The van der Waals surface area contributed by atoms with Crippen LogP contribution in [0, 0.1) is 12.8 Å². The Balaban J connectivity index is 2.42. The van der Waals surface area contributed by atoms with Gasteiger partial charge in [0.2, 0.25) is 0 Å². The van der Waals surface area contributed by atoms with E-state index in [1.165, 1.54) is 23.3 Å². The topological polar surface area (TPSA) is 26.0 Å². The van der Waals surface area contributed by atoms with E-state index < -0.39 is 0 Å². The van der Waals surface area contributed by atoms with E-state index in [2.05, 4.69) is 45.0 Å². The molecule has 0 spiro atoms. The lowest BCUT2D eigenvalue weighted by Crippen LogP contribution is -2.30. The smallest absolute Gasteiger partial charge is 0.0159 e. The van der Waals surface area contributed by atoms with Gasteiger partial charge in [-0.15, -0.1) is 11.8 Å². The van der Waals surface area contributed by atoms with E-state index in [1.807, 2.05) is 11.8 Å². The summed E-state index contributed by atoms with van der Waals surface area (Å²) in [5, 5.41) is 0. The summed E-state index contributed by atoms with van der Waals surface area (Å²) in [7, 11) is 0. The van der Waals surface area contributed by atoms with E-state index in [0.29, 0.717) is 12.0 Å². The quantitative estimate of drug-likeness (QED) is 0.761. The van der Waals surface area contributed by atoms with Crippen molar-refractivity contribution in [1.82, 2.24) is 0 Å². The van der Waals surface area contributed by atoms with Gasteiger partial charge in [0.1, 0.15) is 0 Å². The molecule has 16 heavy (non-hydrogen) atoms. The van der Waals surface area contributed by atoms with Gasteiger partial charge in [0.25, 0.3) is 0 Å². The van der Waals surface area contributed by atoms with Crippen molar-refractivity contribution in [2.45, 2.75) is 44.6 Å². The lowest BCUT2D eigenvalue weighted by Gasteiger charge is -2.19. The zero-order chi connectivity index (χ0) is 12.0. The van der Waals surface area contributed by atoms with Gasteiger partial charge in [0.05, 0.1) is 0 Å². The van der Waals surface area contributed by atoms with E-state index in [0.717, 1.165) is 5.75 Å². The Morgan fingerprint density at radius 2 is 2.00 bits per heavy atom. The Morgan fingerprint density at radius 1 is 1.31 bits per heavy atom. The second-order valence-electron chi connectivity index (χ2n) is 4.51. The summed E-state index contributed by atoms with van der Waals surface area (Å²) < 4.78 is 0. The molecule has 1 aromatic rings. The molecular formula is C14H23NS. The Kier molecular flexibility index (Phi) is 5.93. The fourth-order valence-electron chi connectivity index (χ4n) is 1.74. The Hall–Kier alpha value is -0.470. The number of aryl methyl sites for hydroxylation is 1. The highest BCUT2D eigenvalue weighted by Gasteiger charge is 2.12. The molecule has 1 rings (SSSR count). The second-order valence-corrected chi connectivity index (χ2v) is 5.57. The molecular weight excluding hydrogens is 214 g/mol. The highest BCUT2D eigenvalue weighted by molar-refractivity contribution is 7.99. The minimum Gasteiger partial charge on any atom is -0.327 e. The third-order valence-corrected chi connectivity index (χ3v) is 4.32. The molecule has 1 nitrogen and oxygen atoms in total. The molecule has 0 aliphatic carbocycles. The van der Waals surface area contributed by atoms with Crippen molar-refractivity contribution in [3.05, 3.63) is 29.8 Å². The predicted molar refractivity (Wildman–Crippen MR) is 74.0 cm³/mol.